The lowest BCUT2D eigenvalue weighted by Crippen LogP contribution is -2.55. The van der Waals surface area contributed by atoms with E-state index < -0.39 is 54.3 Å². The number of amides is 4. The highest BCUT2D eigenvalue weighted by atomic mass is 16.4. The van der Waals surface area contributed by atoms with E-state index in [1.807, 2.05) is 0 Å². The average Bonchev–Trinajstić information content (AvgIpc) is 2.74. The minimum absolute atomic E-state index is 0.0282. The molecule has 0 spiro atoms. The number of guanidine groups is 1. The first-order chi connectivity index (χ1) is 15.4. The van der Waals surface area contributed by atoms with Crippen LogP contribution in [0.15, 0.2) is 4.99 Å². The summed E-state index contributed by atoms with van der Waals surface area (Å²) >= 11 is 0. The number of hydrogen-bond donors (Lipinski definition) is 8. The maximum absolute atomic E-state index is 12.7. The number of nitrogens with two attached hydrogens (primary N) is 4. The van der Waals surface area contributed by atoms with Crippen molar-refractivity contribution in [3.05, 3.63) is 0 Å². The summed E-state index contributed by atoms with van der Waals surface area (Å²) in [7, 11) is 0. The molecule has 0 radical (unpaired) electrons. The third-order valence-corrected chi connectivity index (χ3v) is 4.83. The Hall–Kier alpha value is -3.42. The van der Waals surface area contributed by atoms with E-state index in [2.05, 4.69) is 20.9 Å². The van der Waals surface area contributed by atoms with Crippen molar-refractivity contribution in [2.24, 2.45) is 33.8 Å². The van der Waals surface area contributed by atoms with E-state index in [4.69, 9.17) is 22.9 Å². The van der Waals surface area contributed by atoms with E-state index >= 15 is 0 Å². The maximum atomic E-state index is 12.7. The summed E-state index contributed by atoms with van der Waals surface area (Å²) in [6.07, 6.45) is 0.870. The van der Waals surface area contributed by atoms with Crippen LogP contribution in [0.5, 0.6) is 0 Å². The average molecular weight is 473 g/mol. The van der Waals surface area contributed by atoms with Gasteiger partial charge in [0.05, 0.1) is 12.6 Å². The summed E-state index contributed by atoms with van der Waals surface area (Å²) in [5, 5.41) is 16.6. The van der Waals surface area contributed by atoms with Crippen molar-refractivity contribution in [1.29, 1.82) is 0 Å². The number of hydrogen-bond acceptors (Lipinski definition) is 7. The quantitative estimate of drug-likeness (QED) is 0.0639. The van der Waals surface area contributed by atoms with E-state index in [9.17, 15) is 29.1 Å². The van der Waals surface area contributed by atoms with Crippen molar-refractivity contribution in [3.63, 3.8) is 0 Å². The van der Waals surface area contributed by atoms with Gasteiger partial charge in [-0.05, 0) is 25.2 Å². The van der Waals surface area contributed by atoms with Gasteiger partial charge in [0.1, 0.15) is 12.1 Å². The molecule has 0 heterocycles. The lowest BCUT2D eigenvalue weighted by Gasteiger charge is -2.25. The molecule has 0 bridgehead atoms. The van der Waals surface area contributed by atoms with Crippen LogP contribution in [0.25, 0.3) is 0 Å². The number of carbonyl (C=O) groups is 5. The van der Waals surface area contributed by atoms with Crippen LogP contribution < -0.4 is 38.9 Å². The standard InChI is InChI=1S/C19H36N8O6/c1-3-10(2)15(17(31)26-12(18(32)33)5-4-8-24-19(22)23)27-14(29)9-25-16(30)11(20)6-7-13(21)28/h10-12,15H,3-9,20H2,1-2H3,(H2,21,28)(H,25,30)(H,26,31)(H,27,29)(H,32,33)(H4,22,23,24). The van der Waals surface area contributed by atoms with Gasteiger partial charge in [-0.15, -0.1) is 0 Å². The van der Waals surface area contributed by atoms with Gasteiger partial charge in [-0.2, -0.15) is 0 Å². The predicted octanol–water partition coefficient (Wildman–Crippen LogP) is -3.15. The molecule has 0 aliphatic heterocycles. The fourth-order valence-corrected chi connectivity index (χ4v) is 2.68. The van der Waals surface area contributed by atoms with Gasteiger partial charge in [0.15, 0.2) is 5.96 Å². The zero-order chi connectivity index (χ0) is 25.6. The van der Waals surface area contributed by atoms with Gasteiger partial charge in [0.25, 0.3) is 0 Å². The van der Waals surface area contributed by atoms with Gasteiger partial charge in [-0.1, -0.05) is 20.3 Å². The topological polar surface area (TPSA) is 258 Å². The molecule has 0 saturated heterocycles. The van der Waals surface area contributed by atoms with Gasteiger partial charge < -0.3 is 44.0 Å². The SMILES string of the molecule is CCC(C)C(NC(=O)CNC(=O)C(N)CCC(N)=O)C(=O)NC(CCCN=C(N)N)C(=O)O. The number of aliphatic carboxylic acids is 1. The molecule has 12 N–H and O–H groups in total. The molecule has 0 aromatic carbocycles. The molecule has 4 unspecified atom stereocenters. The molecular weight excluding hydrogens is 436 g/mol. The Balaban J connectivity index is 4.92. The molecule has 4 atom stereocenters. The van der Waals surface area contributed by atoms with E-state index in [1.54, 1.807) is 13.8 Å². The Kier molecular flexibility index (Phi) is 13.8. The molecule has 0 rings (SSSR count). The van der Waals surface area contributed by atoms with Crippen LogP contribution in [-0.2, 0) is 24.0 Å². The van der Waals surface area contributed by atoms with Gasteiger partial charge in [-0.3, -0.25) is 24.2 Å². The smallest absolute Gasteiger partial charge is 0.326 e. The summed E-state index contributed by atoms with van der Waals surface area (Å²) in [5.74, 6) is -4.26. The third-order valence-electron chi connectivity index (χ3n) is 4.83. The largest absolute Gasteiger partial charge is 0.480 e. The van der Waals surface area contributed by atoms with Crippen molar-refractivity contribution >= 4 is 35.6 Å². The second-order valence-electron chi connectivity index (χ2n) is 7.61. The highest BCUT2D eigenvalue weighted by Crippen LogP contribution is 2.09. The molecule has 0 fully saturated rings. The summed E-state index contributed by atoms with van der Waals surface area (Å²) in [5.41, 5.74) is 21.1. The highest BCUT2D eigenvalue weighted by molar-refractivity contribution is 5.92. The van der Waals surface area contributed by atoms with Crippen LogP contribution in [0, 0.1) is 5.92 Å². The number of aliphatic imine (C=N–C) groups is 1. The Bertz CT molecular complexity index is 725. The predicted molar refractivity (Wildman–Crippen MR) is 120 cm³/mol. The van der Waals surface area contributed by atoms with E-state index in [0.717, 1.165) is 0 Å². The van der Waals surface area contributed by atoms with Gasteiger partial charge in [-0.25, -0.2) is 4.79 Å². The Morgan fingerprint density at radius 3 is 2.15 bits per heavy atom. The van der Waals surface area contributed by atoms with Gasteiger partial charge >= 0.3 is 5.97 Å². The lowest BCUT2D eigenvalue weighted by atomic mass is 9.97. The van der Waals surface area contributed by atoms with Crippen molar-refractivity contribution in [3.8, 4) is 0 Å². The first-order valence-corrected chi connectivity index (χ1v) is 10.6. The van der Waals surface area contributed by atoms with Crippen LogP contribution in [-0.4, -0.2) is 71.9 Å². The lowest BCUT2D eigenvalue weighted by molar-refractivity contribution is -0.142. The fraction of sp³-hybridized carbons (Fsp3) is 0.684. The van der Waals surface area contributed by atoms with Crippen molar-refractivity contribution < 1.29 is 29.1 Å². The second kappa shape index (κ2) is 15.4. The second-order valence-corrected chi connectivity index (χ2v) is 7.61. The minimum atomic E-state index is -1.24. The molecule has 4 amide bonds. The molecule has 0 saturated carbocycles. The van der Waals surface area contributed by atoms with Crippen molar-refractivity contribution in [2.75, 3.05) is 13.1 Å². The monoisotopic (exact) mass is 472 g/mol. The molecular formula is C19H36N8O6. The Morgan fingerprint density at radius 2 is 1.64 bits per heavy atom. The normalized spacial score (nSPS) is 14.2. The molecule has 0 aromatic heterocycles. The van der Waals surface area contributed by atoms with E-state index in [-0.39, 0.29) is 37.7 Å². The van der Waals surface area contributed by atoms with Crippen molar-refractivity contribution in [1.82, 2.24) is 16.0 Å². The third kappa shape index (κ3) is 12.9. The van der Waals surface area contributed by atoms with Crippen LogP contribution >= 0.6 is 0 Å². The first kappa shape index (κ1) is 29.6. The summed E-state index contributed by atoms with van der Waals surface area (Å²) in [6.45, 7) is 3.27. The number of carboxylic acids is 1. The number of nitrogens with one attached hydrogen (secondary N) is 3. The Morgan fingerprint density at radius 1 is 1.00 bits per heavy atom. The number of nitrogens with zero attached hydrogens (tertiary/aromatic N) is 1. The van der Waals surface area contributed by atoms with E-state index in [1.165, 1.54) is 0 Å². The zero-order valence-electron chi connectivity index (χ0n) is 19.0. The first-order valence-electron chi connectivity index (χ1n) is 10.6. The number of rotatable bonds is 16. The van der Waals surface area contributed by atoms with Crippen molar-refractivity contribution in [2.45, 2.75) is 64.1 Å². The molecule has 0 aliphatic carbocycles. The molecule has 0 aliphatic rings. The van der Waals surface area contributed by atoms with Gasteiger partial charge in [0.2, 0.25) is 23.6 Å². The number of primary amides is 1. The van der Waals surface area contributed by atoms with Gasteiger partial charge in [0, 0.05) is 13.0 Å². The van der Waals surface area contributed by atoms with Crippen LogP contribution in [0.4, 0.5) is 0 Å². The van der Waals surface area contributed by atoms with Crippen LogP contribution in [0.2, 0.25) is 0 Å². The molecule has 14 heteroatoms. The molecule has 188 valence electrons. The number of carbonyl (C=O) groups excluding carboxylic acids is 4. The summed E-state index contributed by atoms with van der Waals surface area (Å²) in [6, 6.07) is -3.24. The molecule has 14 nitrogen and oxygen atoms in total. The maximum Gasteiger partial charge on any atom is 0.326 e. The molecule has 33 heavy (non-hydrogen) atoms. The Labute approximate surface area is 192 Å². The fourth-order valence-electron chi connectivity index (χ4n) is 2.68. The number of carboxylic acid groups (broad SMARTS) is 1. The summed E-state index contributed by atoms with van der Waals surface area (Å²) < 4.78 is 0. The van der Waals surface area contributed by atoms with E-state index in [0.29, 0.717) is 12.8 Å². The molecule has 0 aromatic rings. The minimum Gasteiger partial charge on any atom is -0.480 e. The highest BCUT2D eigenvalue weighted by Gasteiger charge is 2.29. The zero-order valence-corrected chi connectivity index (χ0v) is 19.0. The van der Waals surface area contributed by atoms with Crippen LogP contribution in [0.1, 0.15) is 46.0 Å². The van der Waals surface area contributed by atoms with Crippen LogP contribution in [0.3, 0.4) is 0 Å². The summed E-state index contributed by atoms with van der Waals surface area (Å²) in [4.78, 5) is 63.0.